The third-order valence-corrected chi connectivity index (χ3v) is 4.41. The number of nitrogens with one attached hydrogen (secondary N) is 1. The van der Waals surface area contributed by atoms with E-state index in [4.69, 9.17) is 16.3 Å². The summed E-state index contributed by atoms with van der Waals surface area (Å²) in [6.07, 6.45) is 0. The molecule has 0 spiro atoms. The van der Waals surface area contributed by atoms with Gasteiger partial charge in [0, 0.05) is 16.0 Å². The molecule has 0 radical (unpaired) electrons. The highest BCUT2D eigenvalue weighted by Gasteiger charge is 2.14. The fourth-order valence-corrected chi connectivity index (χ4v) is 3.02. The highest BCUT2D eigenvalue weighted by atomic mass is 35.5. The summed E-state index contributed by atoms with van der Waals surface area (Å²) in [5.41, 5.74) is 1.40. The van der Waals surface area contributed by atoms with E-state index in [9.17, 15) is 9.90 Å². The van der Waals surface area contributed by atoms with Gasteiger partial charge in [0.15, 0.2) is 0 Å². The summed E-state index contributed by atoms with van der Waals surface area (Å²) < 4.78 is 5.12. The van der Waals surface area contributed by atoms with Gasteiger partial charge in [0.25, 0.3) is 5.91 Å². The standard InChI is InChI=1S/C17H13ClN2O3S/c1-23-12-5-2-10(3-6-12)17-20-14(9-24-17)16(22)19-13-8-11(18)4-7-15(13)21/h2-9,21H,1H3,(H,19,22). The summed E-state index contributed by atoms with van der Waals surface area (Å²) in [6, 6.07) is 11.9. The molecule has 0 saturated carbocycles. The van der Waals surface area contributed by atoms with Gasteiger partial charge in [0.1, 0.15) is 22.2 Å². The first-order valence-electron chi connectivity index (χ1n) is 6.96. The number of ether oxygens (including phenoxy) is 1. The molecule has 1 heterocycles. The van der Waals surface area contributed by atoms with Crippen LogP contribution >= 0.6 is 22.9 Å². The predicted octanol–water partition coefficient (Wildman–Crippen LogP) is 4.43. The summed E-state index contributed by atoms with van der Waals surface area (Å²) in [6.45, 7) is 0. The maximum absolute atomic E-state index is 12.3. The average molecular weight is 361 g/mol. The third-order valence-electron chi connectivity index (χ3n) is 3.28. The first kappa shape index (κ1) is 16.3. The molecule has 2 N–H and O–H groups in total. The molecule has 2 aromatic carbocycles. The molecule has 0 aliphatic heterocycles. The van der Waals surface area contributed by atoms with E-state index in [1.807, 2.05) is 24.3 Å². The van der Waals surface area contributed by atoms with Gasteiger partial charge in [-0.05, 0) is 42.5 Å². The molecule has 0 bridgehead atoms. The highest BCUT2D eigenvalue weighted by molar-refractivity contribution is 7.13. The number of hydrogen-bond donors (Lipinski definition) is 2. The Hall–Kier alpha value is -2.57. The lowest BCUT2D eigenvalue weighted by molar-refractivity contribution is 0.102. The Bertz CT molecular complexity index is 878. The van der Waals surface area contributed by atoms with E-state index >= 15 is 0 Å². The number of carbonyl (C=O) groups is 1. The van der Waals surface area contributed by atoms with E-state index in [1.165, 1.54) is 29.5 Å². The smallest absolute Gasteiger partial charge is 0.275 e. The van der Waals surface area contributed by atoms with Crippen LogP contribution in [0.3, 0.4) is 0 Å². The van der Waals surface area contributed by atoms with Crippen molar-refractivity contribution in [2.75, 3.05) is 12.4 Å². The molecule has 24 heavy (non-hydrogen) atoms. The SMILES string of the molecule is COc1ccc(-c2nc(C(=O)Nc3cc(Cl)ccc3O)cs2)cc1. The normalized spacial score (nSPS) is 10.4. The van der Waals surface area contributed by atoms with Gasteiger partial charge in [-0.2, -0.15) is 0 Å². The number of benzene rings is 2. The zero-order chi connectivity index (χ0) is 17.1. The fourth-order valence-electron chi connectivity index (χ4n) is 2.04. The van der Waals surface area contributed by atoms with Gasteiger partial charge in [-0.1, -0.05) is 11.6 Å². The lowest BCUT2D eigenvalue weighted by atomic mass is 10.2. The van der Waals surface area contributed by atoms with Gasteiger partial charge in [-0.25, -0.2) is 4.98 Å². The Balaban J connectivity index is 1.79. The van der Waals surface area contributed by atoms with E-state index < -0.39 is 5.91 Å². The zero-order valence-corrected chi connectivity index (χ0v) is 14.2. The summed E-state index contributed by atoms with van der Waals surface area (Å²) in [4.78, 5) is 16.6. The molecular formula is C17H13ClN2O3S. The Morgan fingerprint density at radius 3 is 2.71 bits per heavy atom. The molecule has 3 rings (SSSR count). The lowest BCUT2D eigenvalue weighted by Crippen LogP contribution is -2.12. The van der Waals surface area contributed by atoms with Crippen molar-refractivity contribution in [2.24, 2.45) is 0 Å². The van der Waals surface area contributed by atoms with Crippen molar-refractivity contribution in [3.8, 4) is 22.1 Å². The van der Waals surface area contributed by atoms with Crippen molar-refractivity contribution >= 4 is 34.5 Å². The number of rotatable bonds is 4. The third kappa shape index (κ3) is 3.50. The molecule has 0 aliphatic rings. The molecule has 7 heteroatoms. The second-order valence-corrected chi connectivity index (χ2v) is 6.18. The Labute approximate surface area is 147 Å². The van der Waals surface area contributed by atoms with Crippen LogP contribution in [0.1, 0.15) is 10.5 Å². The summed E-state index contributed by atoms with van der Waals surface area (Å²) in [7, 11) is 1.60. The van der Waals surface area contributed by atoms with E-state index in [1.54, 1.807) is 12.5 Å². The number of anilines is 1. The minimum atomic E-state index is -0.413. The topological polar surface area (TPSA) is 71.5 Å². The zero-order valence-electron chi connectivity index (χ0n) is 12.6. The number of nitrogens with zero attached hydrogens (tertiary/aromatic N) is 1. The monoisotopic (exact) mass is 360 g/mol. The number of phenolic OH excluding ortho intramolecular Hbond substituents is 1. The maximum atomic E-state index is 12.3. The Morgan fingerprint density at radius 2 is 2.00 bits per heavy atom. The van der Waals surface area contributed by atoms with Crippen LogP contribution in [-0.4, -0.2) is 23.1 Å². The van der Waals surface area contributed by atoms with E-state index in [2.05, 4.69) is 10.3 Å². The summed E-state index contributed by atoms with van der Waals surface area (Å²) in [5, 5.41) is 15.2. The van der Waals surface area contributed by atoms with Gasteiger partial charge in [0.05, 0.1) is 12.8 Å². The predicted molar refractivity (Wildman–Crippen MR) is 95.2 cm³/mol. The number of aromatic hydroxyl groups is 1. The second kappa shape index (κ2) is 6.90. The quantitative estimate of drug-likeness (QED) is 0.675. The highest BCUT2D eigenvalue weighted by Crippen LogP contribution is 2.29. The molecule has 0 fully saturated rings. The van der Waals surface area contributed by atoms with Gasteiger partial charge < -0.3 is 15.2 Å². The number of halogens is 1. The van der Waals surface area contributed by atoms with Crippen molar-refractivity contribution in [3.05, 3.63) is 58.6 Å². The average Bonchev–Trinajstić information content (AvgIpc) is 3.08. The van der Waals surface area contributed by atoms with Gasteiger partial charge >= 0.3 is 0 Å². The first-order chi connectivity index (χ1) is 11.6. The van der Waals surface area contributed by atoms with Crippen LogP contribution in [-0.2, 0) is 0 Å². The van der Waals surface area contributed by atoms with Gasteiger partial charge in [-0.15, -0.1) is 11.3 Å². The molecule has 122 valence electrons. The first-order valence-corrected chi connectivity index (χ1v) is 8.22. The lowest BCUT2D eigenvalue weighted by Gasteiger charge is -2.06. The number of aromatic nitrogens is 1. The van der Waals surface area contributed by atoms with Crippen molar-refractivity contribution < 1.29 is 14.6 Å². The molecule has 0 atom stereocenters. The second-order valence-electron chi connectivity index (χ2n) is 4.88. The molecule has 1 aromatic heterocycles. The Kier molecular flexibility index (Phi) is 4.69. The largest absolute Gasteiger partial charge is 0.506 e. The minimum absolute atomic E-state index is 0.0571. The van der Waals surface area contributed by atoms with Gasteiger partial charge in [-0.3, -0.25) is 4.79 Å². The van der Waals surface area contributed by atoms with Crippen LogP contribution in [0.15, 0.2) is 47.8 Å². The number of phenols is 1. The summed E-state index contributed by atoms with van der Waals surface area (Å²) >= 11 is 7.23. The van der Waals surface area contributed by atoms with Crippen LogP contribution in [0.4, 0.5) is 5.69 Å². The molecule has 1 amide bonds. The van der Waals surface area contributed by atoms with Crippen LogP contribution in [0, 0.1) is 0 Å². The van der Waals surface area contributed by atoms with Crippen molar-refractivity contribution in [2.45, 2.75) is 0 Å². The van der Waals surface area contributed by atoms with E-state index in [-0.39, 0.29) is 17.1 Å². The number of hydrogen-bond acceptors (Lipinski definition) is 5. The van der Waals surface area contributed by atoms with Crippen molar-refractivity contribution in [3.63, 3.8) is 0 Å². The molecule has 0 unspecified atom stereocenters. The fraction of sp³-hybridized carbons (Fsp3) is 0.0588. The Morgan fingerprint density at radius 1 is 1.25 bits per heavy atom. The van der Waals surface area contributed by atoms with E-state index in [0.717, 1.165) is 16.3 Å². The molecule has 0 saturated heterocycles. The number of thiazole rings is 1. The van der Waals surface area contributed by atoms with Crippen LogP contribution in [0.5, 0.6) is 11.5 Å². The van der Waals surface area contributed by atoms with E-state index in [0.29, 0.717) is 5.02 Å². The minimum Gasteiger partial charge on any atom is -0.506 e. The van der Waals surface area contributed by atoms with Crippen molar-refractivity contribution in [1.29, 1.82) is 0 Å². The summed E-state index contributed by atoms with van der Waals surface area (Å²) in [5.74, 6) is 0.284. The van der Waals surface area contributed by atoms with Gasteiger partial charge in [0.2, 0.25) is 0 Å². The number of amides is 1. The van der Waals surface area contributed by atoms with Crippen LogP contribution in [0.2, 0.25) is 5.02 Å². The molecule has 5 nitrogen and oxygen atoms in total. The maximum Gasteiger partial charge on any atom is 0.275 e. The number of carbonyl (C=O) groups excluding carboxylic acids is 1. The van der Waals surface area contributed by atoms with Crippen LogP contribution < -0.4 is 10.1 Å². The van der Waals surface area contributed by atoms with Crippen molar-refractivity contribution in [1.82, 2.24) is 4.98 Å². The molecule has 3 aromatic rings. The molecule has 0 aliphatic carbocycles. The van der Waals surface area contributed by atoms with Crippen LogP contribution in [0.25, 0.3) is 10.6 Å². The molecular weight excluding hydrogens is 348 g/mol. The number of methoxy groups -OCH3 is 1.